The summed E-state index contributed by atoms with van der Waals surface area (Å²) < 4.78 is 14.1. The largest absolute Gasteiger partial charge is 0.357 e. The van der Waals surface area contributed by atoms with E-state index in [2.05, 4.69) is 5.32 Å². The lowest BCUT2D eigenvalue weighted by Gasteiger charge is -2.31. The molecule has 1 N–H and O–H groups in total. The Morgan fingerprint density at radius 2 is 1.74 bits per heavy atom. The van der Waals surface area contributed by atoms with Crippen LogP contribution in [0.3, 0.4) is 0 Å². The van der Waals surface area contributed by atoms with Gasteiger partial charge in [-0.05, 0) is 30.2 Å². The molecule has 0 fully saturated rings. The monoisotopic (exact) mass is 498 g/mol. The molecule has 0 aliphatic carbocycles. The van der Waals surface area contributed by atoms with Crippen molar-refractivity contribution in [2.75, 3.05) is 12.8 Å². The highest BCUT2D eigenvalue weighted by Crippen LogP contribution is 2.25. The Morgan fingerprint density at radius 1 is 1.03 bits per heavy atom. The second-order valence-corrected chi connectivity index (χ2v) is 9.42. The van der Waals surface area contributed by atoms with Crippen molar-refractivity contribution in [3.05, 3.63) is 106 Å². The van der Waals surface area contributed by atoms with Gasteiger partial charge in [0, 0.05) is 36.4 Å². The molecule has 0 saturated heterocycles. The molecule has 3 aromatic rings. The molecule has 0 heterocycles. The SMILES string of the molecule is CNC(=O)C(Cc1ccccc1)N(Cc1cccc(C)c1)C(=O)CSCc1c(F)cccc1Cl. The lowest BCUT2D eigenvalue weighted by molar-refractivity contribution is -0.139. The quantitative estimate of drug-likeness (QED) is 0.407. The zero-order valence-corrected chi connectivity index (χ0v) is 20.8. The number of carbonyl (C=O) groups excluding carboxylic acids is 2. The van der Waals surface area contributed by atoms with Crippen LogP contribution in [-0.2, 0) is 28.3 Å². The van der Waals surface area contributed by atoms with Gasteiger partial charge in [0.15, 0.2) is 0 Å². The number of carbonyl (C=O) groups is 2. The van der Waals surface area contributed by atoms with Crippen molar-refractivity contribution in [1.82, 2.24) is 10.2 Å². The van der Waals surface area contributed by atoms with E-state index in [-0.39, 0.29) is 23.3 Å². The molecule has 0 aromatic heterocycles. The van der Waals surface area contributed by atoms with E-state index in [0.29, 0.717) is 23.6 Å². The Bertz CT molecular complexity index is 1110. The number of nitrogens with one attached hydrogen (secondary N) is 1. The van der Waals surface area contributed by atoms with E-state index in [1.807, 2.05) is 61.5 Å². The molecule has 2 amide bonds. The highest BCUT2D eigenvalue weighted by Gasteiger charge is 2.29. The molecular formula is C27H28ClFN2O2S. The van der Waals surface area contributed by atoms with Crippen LogP contribution in [0.5, 0.6) is 0 Å². The van der Waals surface area contributed by atoms with Crippen molar-refractivity contribution < 1.29 is 14.0 Å². The molecule has 0 spiro atoms. The van der Waals surface area contributed by atoms with Gasteiger partial charge in [0.05, 0.1) is 5.75 Å². The molecule has 3 rings (SSSR count). The average Bonchev–Trinajstić information content (AvgIpc) is 2.83. The Morgan fingerprint density at radius 3 is 2.41 bits per heavy atom. The van der Waals surface area contributed by atoms with Crippen molar-refractivity contribution >= 4 is 35.2 Å². The second kappa shape index (κ2) is 12.6. The summed E-state index contributed by atoms with van der Waals surface area (Å²) in [4.78, 5) is 28.0. The predicted molar refractivity (Wildman–Crippen MR) is 137 cm³/mol. The molecule has 0 aliphatic rings. The fraction of sp³-hybridized carbons (Fsp3) is 0.259. The summed E-state index contributed by atoms with van der Waals surface area (Å²) >= 11 is 7.41. The molecule has 0 bridgehead atoms. The first-order valence-corrected chi connectivity index (χ1v) is 12.5. The summed E-state index contributed by atoms with van der Waals surface area (Å²) in [5.74, 6) is -0.454. The molecule has 3 aromatic carbocycles. The van der Waals surface area contributed by atoms with E-state index in [9.17, 15) is 14.0 Å². The maximum absolute atomic E-state index is 14.1. The van der Waals surface area contributed by atoms with Gasteiger partial charge in [0.1, 0.15) is 11.9 Å². The predicted octanol–water partition coefficient (Wildman–Crippen LogP) is 5.41. The minimum absolute atomic E-state index is 0.0960. The van der Waals surface area contributed by atoms with Crippen LogP contribution in [0.1, 0.15) is 22.3 Å². The zero-order chi connectivity index (χ0) is 24.5. The van der Waals surface area contributed by atoms with Gasteiger partial charge in [-0.15, -0.1) is 11.8 Å². The minimum atomic E-state index is -0.682. The van der Waals surface area contributed by atoms with E-state index in [4.69, 9.17) is 11.6 Å². The van der Waals surface area contributed by atoms with Crippen LogP contribution in [0.4, 0.5) is 4.39 Å². The van der Waals surface area contributed by atoms with Crippen LogP contribution < -0.4 is 5.32 Å². The summed E-state index contributed by atoms with van der Waals surface area (Å²) in [5.41, 5.74) is 3.36. The summed E-state index contributed by atoms with van der Waals surface area (Å²) in [6.45, 7) is 2.29. The molecular weight excluding hydrogens is 471 g/mol. The number of hydrogen-bond acceptors (Lipinski definition) is 3. The second-order valence-electron chi connectivity index (χ2n) is 8.02. The van der Waals surface area contributed by atoms with E-state index in [1.54, 1.807) is 24.1 Å². The summed E-state index contributed by atoms with van der Waals surface area (Å²) in [5, 5.41) is 3.04. The number of likely N-dealkylation sites (N-methyl/N-ethyl adjacent to an activating group) is 1. The van der Waals surface area contributed by atoms with Crippen LogP contribution in [-0.4, -0.2) is 35.6 Å². The third-order valence-electron chi connectivity index (χ3n) is 5.49. The van der Waals surface area contributed by atoms with Gasteiger partial charge in [-0.1, -0.05) is 77.8 Å². The van der Waals surface area contributed by atoms with Gasteiger partial charge in [0.2, 0.25) is 11.8 Å². The van der Waals surface area contributed by atoms with Crippen LogP contribution in [0.15, 0.2) is 72.8 Å². The van der Waals surface area contributed by atoms with E-state index in [0.717, 1.165) is 16.7 Å². The molecule has 7 heteroatoms. The topological polar surface area (TPSA) is 49.4 Å². The fourth-order valence-corrected chi connectivity index (χ4v) is 4.97. The maximum Gasteiger partial charge on any atom is 0.242 e. The Balaban J connectivity index is 1.83. The number of halogens is 2. The van der Waals surface area contributed by atoms with Gasteiger partial charge in [-0.2, -0.15) is 0 Å². The Kier molecular flexibility index (Phi) is 9.54. The third kappa shape index (κ3) is 7.08. The number of hydrogen-bond donors (Lipinski definition) is 1. The number of benzene rings is 3. The first-order chi connectivity index (χ1) is 16.4. The van der Waals surface area contributed by atoms with E-state index in [1.165, 1.54) is 17.8 Å². The van der Waals surface area contributed by atoms with Crippen molar-refractivity contribution in [2.24, 2.45) is 0 Å². The Hall–Kier alpha value is -2.83. The van der Waals surface area contributed by atoms with Crippen molar-refractivity contribution in [3.63, 3.8) is 0 Å². The standard InChI is InChI=1S/C27H28ClFN2O2S/c1-19-8-6-11-21(14-19)16-31(25(27(33)30-2)15-20-9-4-3-5-10-20)26(32)18-34-17-22-23(28)12-7-13-24(22)29/h3-14,25H,15-18H2,1-2H3,(H,30,33). The Labute approximate surface area is 209 Å². The molecule has 0 aliphatic heterocycles. The summed E-state index contributed by atoms with van der Waals surface area (Å²) in [6.07, 6.45) is 0.391. The van der Waals surface area contributed by atoms with Gasteiger partial charge in [-0.3, -0.25) is 9.59 Å². The average molecular weight is 499 g/mol. The molecule has 178 valence electrons. The normalized spacial score (nSPS) is 11.6. The van der Waals surface area contributed by atoms with Crippen LogP contribution >= 0.6 is 23.4 Å². The summed E-state index contributed by atoms with van der Waals surface area (Å²) in [6, 6.07) is 21.4. The fourth-order valence-electron chi connectivity index (χ4n) is 3.72. The lowest BCUT2D eigenvalue weighted by Crippen LogP contribution is -2.50. The van der Waals surface area contributed by atoms with Gasteiger partial charge >= 0.3 is 0 Å². The molecule has 0 radical (unpaired) electrons. The van der Waals surface area contributed by atoms with Crippen molar-refractivity contribution in [2.45, 2.75) is 31.7 Å². The molecule has 1 atom stereocenters. The summed E-state index contributed by atoms with van der Waals surface area (Å²) in [7, 11) is 1.57. The minimum Gasteiger partial charge on any atom is -0.357 e. The van der Waals surface area contributed by atoms with E-state index < -0.39 is 11.9 Å². The van der Waals surface area contributed by atoms with Gasteiger partial charge in [-0.25, -0.2) is 4.39 Å². The van der Waals surface area contributed by atoms with Crippen LogP contribution in [0.2, 0.25) is 5.02 Å². The first kappa shape index (κ1) is 25.8. The number of thioether (sulfide) groups is 1. The van der Waals surface area contributed by atoms with Gasteiger partial charge in [0.25, 0.3) is 0 Å². The number of aryl methyl sites for hydroxylation is 1. The van der Waals surface area contributed by atoms with Crippen LogP contribution in [0.25, 0.3) is 0 Å². The lowest BCUT2D eigenvalue weighted by atomic mass is 10.0. The van der Waals surface area contributed by atoms with E-state index >= 15 is 0 Å². The molecule has 1 unspecified atom stereocenters. The van der Waals surface area contributed by atoms with Crippen molar-refractivity contribution in [3.8, 4) is 0 Å². The van der Waals surface area contributed by atoms with Gasteiger partial charge < -0.3 is 10.2 Å². The third-order valence-corrected chi connectivity index (χ3v) is 6.78. The maximum atomic E-state index is 14.1. The highest BCUT2D eigenvalue weighted by atomic mass is 35.5. The zero-order valence-electron chi connectivity index (χ0n) is 19.3. The first-order valence-electron chi connectivity index (χ1n) is 11.0. The number of amides is 2. The molecule has 34 heavy (non-hydrogen) atoms. The molecule has 0 saturated carbocycles. The van der Waals surface area contributed by atoms with Crippen LogP contribution in [0, 0.1) is 12.7 Å². The van der Waals surface area contributed by atoms with Crippen molar-refractivity contribution in [1.29, 1.82) is 0 Å². The molecule has 4 nitrogen and oxygen atoms in total. The number of nitrogens with zero attached hydrogens (tertiary/aromatic N) is 1. The highest BCUT2D eigenvalue weighted by molar-refractivity contribution is 7.99. The number of rotatable bonds is 10. The smallest absolute Gasteiger partial charge is 0.242 e.